The predicted octanol–water partition coefficient (Wildman–Crippen LogP) is 2.30. The molecular formula is C15H25O3Ti. The van der Waals surface area contributed by atoms with Crippen LogP contribution in [-0.4, -0.2) is 35.1 Å². The molecule has 4 heteroatoms. The molecule has 1 atom stereocenters. The molecular weight excluding hydrogens is 276 g/mol. The molecule has 0 aromatic heterocycles. The average Bonchev–Trinajstić information content (AvgIpc) is 2.75. The average molecular weight is 301 g/mol. The number of fused-ring (bicyclic) bond motifs is 1. The van der Waals surface area contributed by atoms with E-state index in [-0.39, 0.29) is 19.8 Å². The minimum absolute atomic E-state index is 0.250. The molecule has 0 amide bonds. The quantitative estimate of drug-likeness (QED) is 0.644. The first kappa shape index (κ1) is 20.9. The van der Waals surface area contributed by atoms with Gasteiger partial charge in [0.15, 0.2) is 0 Å². The Balaban J connectivity index is 0. The Morgan fingerprint density at radius 3 is 1.79 bits per heavy atom. The van der Waals surface area contributed by atoms with Gasteiger partial charge in [-0.2, -0.15) is 0 Å². The molecule has 0 aliphatic heterocycles. The maximum absolute atomic E-state index is 7.57. The van der Waals surface area contributed by atoms with Crippen LogP contribution in [-0.2, 0) is 20.4 Å². The van der Waals surface area contributed by atoms with Gasteiger partial charge in [0.1, 0.15) is 0 Å². The van der Waals surface area contributed by atoms with E-state index >= 15 is 0 Å². The first-order valence-electron chi connectivity index (χ1n) is 6.43. The molecule has 1 unspecified atom stereocenters. The van der Waals surface area contributed by atoms with E-state index in [2.05, 4.69) is 56.9 Å². The van der Waals surface area contributed by atoms with Gasteiger partial charge >= 0.3 is 72.2 Å². The van der Waals surface area contributed by atoms with Gasteiger partial charge in [-0.1, -0.05) is 0 Å². The zero-order valence-corrected chi connectivity index (χ0v) is 13.6. The second-order valence-corrected chi connectivity index (χ2v) is 4.39. The van der Waals surface area contributed by atoms with E-state index in [1.54, 1.807) is 20.8 Å². The Hall–Kier alpha value is -0.446. The summed E-state index contributed by atoms with van der Waals surface area (Å²) < 4.78 is 0.621. The summed E-state index contributed by atoms with van der Waals surface area (Å²) >= 11 is 2.22. The van der Waals surface area contributed by atoms with Gasteiger partial charge in [-0.25, -0.2) is 0 Å². The zero-order valence-electron chi connectivity index (χ0n) is 12.0. The van der Waals surface area contributed by atoms with Crippen molar-refractivity contribution < 1.29 is 35.8 Å². The molecule has 2 rings (SSSR count). The van der Waals surface area contributed by atoms with Gasteiger partial charge in [0.2, 0.25) is 0 Å². The SMILES string of the molecule is CCO.CCO.CCO.[Ti][CH]1C=Cc2ccccc21. The Bertz CT molecular complexity index is 322. The first-order chi connectivity index (χ1) is 9.12. The van der Waals surface area contributed by atoms with Crippen LogP contribution in [0.25, 0.3) is 6.08 Å². The molecule has 3 N–H and O–H groups in total. The van der Waals surface area contributed by atoms with Crippen LogP contribution in [0.3, 0.4) is 0 Å². The second kappa shape index (κ2) is 15.6. The summed E-state index contributed by atoms with van der Waals surface area (Å²) in [4.78, 5) is 0. The Kier molecular flexibility index (Phi) is 17.1. The standard InChI is InChI=1S/C9H7.3C2H6O.Ti/c1-2-5-9-7-3-6-8(9)4-1;3*1-2-3;/h1-7H;3*3H,2H2,1H3;. The van der Waals surface area contributed by atoms with Crippen LogP contribution in [0.2, 0.25) is 0 Å². The third-order valence-corrected chi connectivity index (χ3v) is 2.59. The third kappa shape index (κ3) is 11.1. The van der Waals surface area contributed by atoms with Gasteiger partial charge in [0.25, 0.3) is 0 Å². The summed E-state index contributed by atoms with van der Waals surface area (Å²) in [6.07, 6.45) is 4.44. The van der Waals surface area contributed by atoms with Crippen LogP contribution in [0.5, 0.6) is 0 Å². The number of hydrogen-bond donors (Lipinski definition) is 3. The molecule has 0 heterocycles. The summed E-state index contributed by atoms with van der Waals surface area (Å²) in [6.45, 7) is 5.79. The topological polar surface area (TPSA) is 60.7 Å². The number of hydrogen-bond acceptors (Lipinski definition) is 3. The molecule has 107 valence electrons. The molecule has 0 radical (unpaired) electrons. The molecule has 0 saturated carbocycles. The van der Waals surface area contributed by atoms with Crippen molar-refractivity contribution >= 4 is 6.08 Å². The van der Waals surface area contributed by atoms with Gasteiger partial charge in [0.05, 0.1) is 0 Å². The van der Waals surface area contributed by atoms with Crippen molar-refractivity contribution in [1.82, 2.24) is 0 Å². The van der Waals surface area contributed by atoms with Gasteiger partial charge in [-0.05, 0) is 20.8 Å². The molecule has 0 spiro atoms. The second-order valence-electron chi connectivity index (χ2n) is 3.41. The normalized spacial score (nSPS) is 13.8. The molecule has 1 aliphatic rings. The van der Waals surface area contributed by atoms with E-state index < -0.39 is 0 Å². The van der Waals surface area contributed by atoms with Crippen LogP contribution in [0.15, 0.2) is 30.3 Å². The fourth-order valence-corrected chi connectivity index (χ4v) is 1.81. The van der Waals surface area contributed by atoms with Crippen molar-refractivity contribution in [3.8, 4) is 0 Å². The number of aliphatic hydroxyl groups is 3. The fourth-order valence-electron chi connectivity index (χ4n) is 1.25. The summed E-state index contributed by atoms with van der Waals surface area (Å²) in [6, 6.07) is 8.54. The minimum atomic E-state index is 0.250. The molecule has 0 fully saturated rings. The number of rotatable bonds is 0. The number of aliphatic hydroxyl groups excluding tert-OH is 3. The molecule has 1 aliphatic carbocycles. The van der Waals surface area contributed by atoms with Crippen molar-refractivity contribution in [2.75, 3.05) is 19.8 Å². The first-order valence-corrected chi connectivity index (χ1v) is 7.33. The van der Waals surface area contributed by atoms with E-state index in [9.17, 15) is 0 Å². The number of benzene rings is 1. The Morgan fingerprint density at radius 1 is 0.947 bits per heavy atom. The molecule has 1 aromatic rings. The van der Waals surface area contributed by atoms with Gasteiger partial charge in [-0.15, -0.1) is 0 Å². The molecule has 0 saturated heterocycles. The van der Waals surface area contributed by atoms with Crippen molar-refractivity contribution in [2.45, 2.75) is 25.0 Å². The maximum atomic E-state index is 7.57. The summed E-state index contributed by atoms with van der Waals surface area (Å²) in [5, 5.41) is 22.7. The van der Waals surface area contributed by atoms with Crippen LogP contribution in [0.1, 0.15) is 36.1 Å². The van der Waals surface area contributed by atoms with E-state index in [0.717, 1.165) is 0 Å². The number of allylic oxidation sites excluding steroid dienone is 1. The van der Waals surface area contributed by atoms with Crippen LogP contribution in [0, 0.1) is 0 Å². The van der Waals surface area contributed by atoms with Gasteiger partial charge < -0.3 is 15.3 Å². The Labute approximate surface area is 128 Å². The molecule has 1 aromatic carbocycles. The molecule has 3 nitrogen and oxygen atoms in total. The fraction of sp³-hybridized carbons (Fsp3) is 0.467. The van der Waals surface area contributed by atoms with Crippen molar-refractivity contribution in [3.63, 3.8) is 0 Å². The molecule has 0 bridgehead atoms. The predicted molar refractivity (Wildman–Crippen MR) is 76.5 cm³/mol. The van der Waals surface area contributed by atoms with Crippen molar-refractivity contribution in [1.29, 1.82) is 0 Å². The summed E-state index contributed by atoms with van der Waals surface area (Å²) in [7, 11) is 0. The monoisotopic (exact) mass is 301 g/mol. The third-order valence-electron chi connectivity index (χ3n) is 1.80. The zero-order chi connectivity index (χ0) is 15.1. The van der Waals surface area contributed by atoms with E-state index in [4.69, 9.17) is 15.3 Å². The molecule has 19 heavy (non-hydrogen) atoms. The van der Waals surface area contributed by atoms with Gasteiger partial charge in [0, 0.05) is 19.8 Å². The van der Waals surface area contributed by atoms with E-state index in [1.165, 1.54) is 11.1 Å². The van der Waals surface area contributed by atoms with E-state index in [1.807, 2.05) is 0 Å². The van der Waals surface area contributed by atoms with Crippen LogP contribution in [0.4, 0.5) is 0 Å². The summed E-state index contributed by atoms with van der Waals surface area (Å²) in [5.74, 6) is 0. The Morgan fingerprint density at radius 2 is 1.37 bits per heavy atom. The van der Waals surface area contributed by atoms with Crippen molar-refractivity contribution in [2.24, 2.45) is 0 Å². The van der Waals surface area contributed by atoms with Gasteiger partial charge in [-0.3, -0.25) is 0 Å². The van der Waals surface area contributed by atoms with Crippen molar-refractivity contribution in [3.05, 3.63) is 41.5 Å². The van der Waals surface area contributed by atoms with E-state index in [0.29, 0.717) is 4.22 Å². The van der Waals surface area contributed by atoms with Crippen LogP contribution < -0.4 is 0 Å². The van der Waals surface area contributed by atoms with Crippen LogP contribution >= 0.6 is 0 Å². The summed E-state index contributed by atoms with van der Waals surface area (Å²) in [5.41, 5.74) is 2.84.